The molecule has 1 N–H and O–H groups in total. The van der Waals surface area contributed by atoms with Crippen molar-refractivity contribution in [3.8, 4) is 5.75 Å². The molecule has 88 valence electrons. The van der Waals surface area contributed by atoms with Gasteiger partial charge in [0.05, 0.1) is 0 Å². The van der Waals surface area contributed by atoms with Crippen LogP contribution in [0.2, 0.25) is 0 Å². The maximum atomic E-state index is 12.9. The Bertz CT molecular complexity index is 519. The van der Waals surface area contributed by atoms with Gasteiger partial charge in [-0.15, -0.1) is 0 Å². The molecule has 1 amide bonds. The van der Waals surface area contributed by atoms with E-state index in [0.717, 1.165) is 12.1 Å². The summed E-state index contributed by atoms with van der Waals surface area (Å²) in [6.45, 7) is 0. The molecule has 0 aromatic heterocycles. The molecule has 1 aromatic rings. The van der Waals surface area contributed by atoms with Crippen LogP contribution in [0.5, 0.6) is 5.75 Å². The van der Waals surface area contributed by atoms with Crippen molar-refractivity contribution in [1.29, 1.82) is 0 Å². The van der Waals surface area contributed by atoms with Crippen LogP contribution in [0.4, 0.5) is 13.6 Å². The van der Waals surface area contributed by atoms with Gasteiger partial charge >= 0.3 is 15.3 Å². The van der Waals surface area contributed by atoms with Crippen molar-refractivity contribution in [2.45, 2.75) is 0 Å². The molecule has 0 fully saturated rings. The molecule has 1 aromatic carbocycles. The van der Waals surface area contributed by atoms with E-state index in [4.69, 9.17) is 0 Å². The zero-order valence-corrected chi connectivity index (χ0v) is 8.98. The fourth-order valence-corrected chi connectivity index (χ4v) is 1.21. The highest BCUT2D eigenvalue weighted by Crippen LogP contribution is 2.17. The van der Waals surface area contributed by atoms with E-state index in [2.05, 4.69) is 15.4 Å². The number of nitrogens with one attached hydrogen (secondary N) is 1. The van der Waals surface area contributed by atoms with Gasteiger partial charge in [-0.3, -0.25) is 0 Å². The van der Waals surface area contributed by atoms with E-state index in [1.165, 1.54) is 4.72 Å². The third-order valence-corrected chi connectivity index (χ3v) is 1.94. The highest BCUT2D eigenvalue weighted by molar-refractivity contribution is 8.12. The number of hydrogen-bond donors (Lipinski definition) is 1. The van der Waals surface area contributed by atoms with Crippen molar-refractivity contribution < 1.29 is 26.7 Å². The summed E-state index contributed by atoms with van der Waals surface area (Å²) in [6, 6.07) is 2.13. The van der Waals surface area contributed by atoms with E-state index in [1.807, 2.05) is 0 Å². The SMILES string of the molecule is O=C(NS(=O)(=O)Cl)Oc1ccc(F)cc1F. The predicted octanol–water partition coefficient (Wildman–Crippen LogP) is 1.54. The fraction of sp³-hybridized carbons (Fsp3) is 0. The zero-order valence-electron chi connectivity index (χ0n) is 7.41. The summed E-state index contributed by atoms with van der Waals surface area (Å²) in [6.07, 6.45) is -1.50. The van der Waals surface area contributed by atoms with Crippen LogP contribution < -0.4 is 9.46 Å². The quantitative estimate of drug-likeness (QED) is 0.828. The van der Waals surface area contributed by atoms with Gasteiger partial charge in [-0.25, -0.2) is 18.3 Å². The lowest BCUT2D eigenvalue weighted by Crippen LogP contribution is -2.29. The van der Waals surface area contributed by atoms with Crippen LogP contribution in [-0.4, -0.2) is 14.5 Å². The standard InChI is InChI=1S/C7H4ClF2NO4S/c8-16(13,14)11-7(12)15-6-2-1-4(9)3-5(6)10/h1-3H,(H,11,12). The Labute approximate surface area is 93.5 Å². The first-order valence-corrected chi connectivity index (χ1v) is 5.98. The van der Waals surface area contributed by atoms with E-state index in [1.54, 1.807) is 0 Å². The van der Waals surface area contributed by atoms with Crippen molar-refractivity contribution in [3.63, 3.8) is 0 Å². The second-order valence-corrected chi connectivity index (χ2v) is 4.80. The lowest BCUT2D eigenvalue weighted by atomic mass is 10.3. The number of halogens is 3. The van der Waals surface area contributed by atoms with Gasteiger partial charge in [-0.2, -0.15) is 8.42 Å². The Morgan fingerprint density at radius 2 is 2.00 bits per heavy atom. The molecule has 0 saturated heterocycles. The van der Waals surface area contributed by atoms with Gasteiger partial charge in [0.2, 0.25) is 0 Å². The average Bonchev–Trinajstić information content (AvgIpc) is 2.06. The van der Waals surface area contributed by atoms with Gasteiger partial charge in [0, 0.05) is 16.7 Å². The van der Waals surface area contributed by atoms with Crippen LogP contribution in [0.1, 0.15) is 0 Å². The van der Waals surface area contributed by atoms with Crippen molar-refractivity contribution in [2.24, 2.45) is 0 Å². The molecule has 1 rings (SSSR count). The van der Waals surface area contributed by atoms with E-state index in [-0.39, 0.29) is 0 Å². The van der Waals surface area contributed by atoms with Gasteiger partial charge in [0.1, 0.15) is 5.82 Å². The number of hydrogen-bond acceptors (Lipinski definition) is 4. The second kappa shape index (κ2) is 4.62. The molecule has 0 heterocycles. The molecule has 0 bridgehead atoms. The predicted molar refractivity (Wildman–Crippen MR) is 50.3 cm³/mol. The molecule has 0 saturated carbocycles. The van der Waals surface area contributed by atoms with Crippen LogP contribution in [-0.2, 0) is 9.24 Å². The Morgan fingerprint density at radius 3 is 2.50 bits per heavy atom. The minimum absolute atomic E-state index is 0.470. The normalized spacial score (nSPS) is 10.9. The zero-order chi connectivity index (χ0) is 12.3. The number of ether oxygens (including phenoxy) is 1. The molecule has 0 atom stereocenters. The van der Waals surface area contributed by atoms with E-state index in [0.29, 0.717) is 6.07 Å². The summed E-state index contributed by atoms with van der Waals surface area (Å²) >= 11 is 0. The summed E-state index contributed by atoms with van der Waals surface area (Å²) < 4.78 is 51.5. The van der Waals surface area contributed by atoms with Crippen LogP contribution in [0.15, 0.2) is 18.2 Å². The molecule has 9 heteroatoms. The molecular weight excluding hydrogens is 268 g/mol. The molecular formula is C7H4ClF2NO4S. The molecule has 0 aliphatic rings. The monoisotopic (exact) mass is 271 g/mol. The second-order valence-electron chi connectivity index (χ2n) is 2.50. The minimum atomic E-state index is -4.31. The molecule has 16 heavy (non-hydrogen) atoms. The third kappa shape index (κ3) is 3.99. The Morgan fingerprint density at radius 1 is 1.38 bits per heavy atom. The number of carbonyl (C=O) groups excluding carboxylic acids is 1. The van der Waals surface area contributed by atoms with Crippen molar-refractivity contribution in [1.82, 2.24) is 4.72 Å². The maximum Gasteiger partial charge on any atom is 0.427 e. The number of rotatable bonds is 2. The maximum absolute atomic E-state index is 12.9. The van der Waals surface area contributed by atoms with Gasteiger partial charge in [-0.05, 0) is 12.1 Å². The third-order valence-electron chi connectivity index (χ3n) is 1.30. The Balaban J connectivity index is 2.78. The first-order chi connectivity index (χ1) is 7.28. The first-order valence-electron chi connectivity index (χ1n) is 3.67. The fourth-order valence-electron chi connectivity index (χ4n) is 0.778. The van der Waals surface area contributed by atoms with Crippen LogP contribution >= 0.6 is 10.7 Å². The Hall–Kier alpha value is -1.41. The van der Waals surface area contributed by atoms with E-state index in [9.17, 15) is 22.0 Å². The van der Waals surface area contributed by atoms with E-state index < -0.39 is 32.7 Å². The molecule has 0 unspecified atom stereocenters. The molecule has 0 spiro atoms. The van der Waals surface area contributed by atoms with Gasteiger partial charge < -0.3 is 4.74 Å². The van der Waals surface area contributed by atoms with Gasteiger partial charge in [0.15, 0.2) is 11.6 Å². The average molecular weight is 272 g/mol. The van der Waals surface area contributed by atoms with Gasteiger partial charge in [0.25, 0.3) is 0 Å². The van der Waals surface area contributed by atoms with Crippen LogP contribution in [0.25, 0.3) is 0 Å². The lowest BCUT2D eigenvalue weighted by molar-refractivity contribution is 0.204. The minimum Gasteiger partial charge on any atom is -0.406 e. The smallest absolute Gasteiger partial charge is 0.406 e. The largest absolute Gasteiger partial charge is 0.427 e. The molecule has 0 aliphatic heterocycles. The number of carbonyl (C=O) groups is 1. The summed E-state index contributed by atoms with van der Waals surface area (Å²) in [4.78, 5) is 10.8. The summed E-state index contributed by atoms with van der Waals surface area (Å²) in [7, 11) is 0.352. The molecule has 5 nitrogen and oxygen atoms in total. The van der Waals surface area contributed by atoms with Crippen LogP contribution in [0, 0.1) is 11.6 Å². The highest BCUT2D eigenvalue weighted by atomic mass is 35.7. The van der Waals surface area contributed by atoms with Crippen LogP contribution in [0.3, 0.4) is 0 Å². The van der Waals surface area contributed by atoms with Crippen molar-refractivity contribution >= 4 is 26.0 Å². The topological polar surface area (TPSA) is 72.5 Å². The number of amides is 1. The summed E-state index contributed by atoms with van der Waals surface area (Å²) in [5.41, 5.74) is 0. The molecule has 0 radical (unpaired) electrons. The first kappa shape index (κ1) is 12.7. The van der Waals surface area contributed by atoms with Crippen molar-refractivity contribution in [2.75, 3.05) is 0 Å². The Kier molecular flexibility index (Phi) is 3.66. The number of benzene rings is 1. The summed E-state index contributed by atoms with van der Waals surface area (Å²) in [5, 5.41) is 0. The van der Waals surface area contributed by atoms with E-state index >= 15 is 0 Å². The lowest BCUT2D eigenvalue weighted by Gasteiger charge is -2.04. The molecule has 0 aliphatic carbocycles. The van der Waals surface area contributed by atoms with Gasteiger partial charge in [-0.1, -0.05) is 0 Å². The highest BCUT2D eigenvalue weighted by Gasteiger charge is 2.15. The van der Waals surface area contributed by atoms with Crippen molar-refractivity contribution in [3.05, 3.63) is 29.8 Å². The summed E-state index contributed by atoms with van der Waals surface area (Å²) in [5.74, 6) is -2.64.